The minimum atomic E-state index is 0. The van der Waals surface area contributed by atoms with Crippen molar-refractivity contribution >= 4 is 42.9 Å². The molecule has 2 aliphatic rings. The Morgan fingerprint density at radius 2 is 1.86 bits per heavy atom. The number of imidazole rings is 1. The van der Waals surface area contributed by atoms with Crippen LogP contribution in [0.4, 0.5) is 0 Å². The van der Waals surface area contributed by atoms with Crippen molar-refractivity contribution in [1.82, 2.24) is 19.6 Å². The second kappa shape index (κ2) is 8.37. The summed E-state index contributed by atoms with van der Waals surface area (Å²) >= 11 is 0. The summed E-state index contributed by atoms with van der Waals surface area (Å²) in [5.74, 6) is 0. The third-order valence-electron chi connectivity index (χ3n) is 4.53. The lowest BCUT2D eigenvalue weighted by molar-refractivity contribution is 0.144. The predicted octanol–water partition coefficient (Wildman–Crippen LogP) is 2.71. The maximum atomic E-state index is 4.76. The van der Waals surface area contributed by atoms with Gasteiger partial charge in [0.1, 0.15) is 5.65 Å². The van der Waals surface area contributed by atoms with Crippen LogP contribution in [0.25, 0.3) is 5.65 Å². The van der Waals surface area contributed by atoms with E-state index in [1.165, 1.54) is 43.9 Å². The molecule has 0 unspecified atom stereocenters. The second-order valence-corrected chi connectivity index (χ2v) is 5.64. The van der Waals surface area contributed by atoms with Gasteiger partial charge in [-0.1, -0.05) is 6.07 Å². The quantitative estimate of drug-likeness (QED) is 0.843. The summed E-state index contributed by atoms with van der Waals surface area (Å²) in [6.45, 7) is 4.56. The Bertz CT molecular complexity index is 595. The first-order valence-corrected chi connectivity index (χ1v) is 7.31. The molecule has 0 bridgehead atoms. The highest BCUT2D eigenvalue weighted by atomic mass is 35.5. The van der Waals surface area contributed by atoms with Crippen molar-refractivity contribution in [1.29, 1.82) is 0 Å². The van der Waals surface area contributed by atoms with Crippen LogP contribution in [0.1, 0.15) is 24.2 Å². The fourth-order valence-electron chi connectivity index (χ4n) is 3.47. The van der Waals surface area contributed by atoms with E-state index >= 15 is 0 Å². The number of rotatable bonds is 1. The molecule has 7 heteroatoms. The van der Waals surface area contributed by atoms with Gasteiger partial charge in [-0.3, -0.25) is 4.90 Å². The normalized spacial score (nSPS) is 18.7. The molecule has 1 N–H and O–H groups in total. The molecule has 0 atom stereocenters. The summed E-state index contributed by atoms with van der Waals surface area (Å²) in [6.07, 6.45) is 5.81. The van der Waals surface area contributed by atoms with Gasteiger partial charge in [-0.05, 0) is 38.1 Å². The van der Waals surface area contributed by atoms with Gasteiger partial charge in [0.2, 0.25) is 0 Å². The number of piperidine rings is 1. The average molecular weight is 366 g/mol. The maximum Gasteiger partial charge on any atom is 0.137 e. The number of pyridine rings is 1. The monoisotopic (exact) mass is 364 g/mol. The first-order chi connectivity index (χ1) is 9.42. The van der Waals surface area contributed by atoms with Crippen molar-refractivity contribution in [3.8, 4) is 0 Å². The highest BCUT2D eigenvalue weighted by molar-refractivity contribution is 5.86. The standard InChI is InChI=1S/C15H20N4.3ClH/c1-2-9-19-14-11-18(12-4-7-16-8-5-12)10-6-13(14)17-15(19)3-1;;;/h1-3,9,12,16H,4-8,10-11H2;3*1H. The molecule has 4 nitrogen and oxygen atoms in total. The summed E-state index contributed by atoms with van der Waals surface area (Å²) in [5, 5.41) is 3.45. The molecule has 0 saturated carbocycles. The van der Waals surface area contributed by atoms with Crippen LogP contribution in [-0.4, -0.2) is 40.0 Å². The lowest BCUT2D eigenvalue weighted by Gasteiger charge is -2.36. The molecule has 0 aromatic carbocycles. The number of halogens is 3. The van der Waals surface area contributed by atoms with E-state index < -0.39 is 0 Å². The van der Waals surface area contributed by atoms with Gasteiger partial charge >= 0.3 is 0 Å². The van der Waals surface area contributed by atoms with E-state index in [4.69, 9.17) is 4.98 Å². The highest BCUT2D eigenvalue weighted by Crippen LogP contribution is 2.24. The lowest BCUT2D eigenvalue weighted by atomic mass is 10.0. The van der Waals surface area contributed by atoms with Crippen molar-refractivity contribution in [2.45, 2.75) is 31.8 Å². The van der Waals surface area contributed by atoms with E-state index in [-0.39, 0.29) is 37.2 Å². The van der Waals surface area contributed by atoms with Crippen LogP contribution in [0.15, 0.2) is 24.4 Å². The number of fused-ring (bicyclic) bond motifs is 3. The van der Waals surface area contributed by atoms with Crippen LogP contribution < -0.4 is 5.32 Å². The number of aromatic nitrogens is 2. The molecule has 2 aromatic rings. The Balaban J connectivity index is 0.000000807. The molecule has 0 amide bonds. The van der Waals surface area contributed by atoms with E-state index in [1.807, 2.05) is 0 Å². The summed E-state index contributed by atoms with van der Waals surface area (Å²) in [7, 11) is 0. The fraction of sp³-hybridized carbons (Fsp3) is 0.533. The fourth-order valence-corrected chi connectivity index (χ4v) is 3.47. The van der Waals surface area contributed by atoms with E-state index in [1.54, 1.807) is 0 Å². The molecule has 2 aliphatic heterocycles. The Morgan fingerprint density at radius 3 is 2.64 bits per heavy atom. The molecule has 4 rings (SSSR count). The Kier molecular flexibility index (Phi) is 7.42. The molecule has 0 aliphatic carbocycles. The molecule has 1 saturated heterocycles. The number of nitrogens with zero attached hydrogens (tertiary/aromatic N) is 3. The Hall–Kier alpha value is -0.520. The zero-order valence-corrected chi connectivity index (χ0v) is 14.9. The summed E-state index contributed by atoms with van der Waals surface area (Å²) in [4.78, 5) is 7.41. The van der Waals surface area contributed by atoms with Crippen LogP contribution in [0.3, 0.4) is 0 Å². The number of hydrogen-bond donors (Lipinski definition) is 1. The predicted molar refractivity (Wildman–Crippen MR) is 96.9 cm³/mol. The molecule has 2 aromatic heterocycles. The molecule has 22 heavy (non-hydrogen) atoms. The van der Waals surface area contributed by atoms with Gasteiger partial charge in [0.25, 0.3) is 0 Å². The van der Waals surface area contributed by atoms with Gasteiger partial charge in [0.05, 0.1) is 11.4 Å². The molecular weight excluding hydrogens is 343 g/mol. The third kappa shape index (κ3) is 3.52. The van der Waals surface area contributed by atoms with Crippen LogP contribution in [0.5, 0.6) is 0 Å². The first-order valence-electron chi connectivity index (χ1n) is 7.31. The second-order valence-electron chi connectivity index (χ2n) is 5.64. The van der Waals surface area contributed by atoms with Crippen LogP contribution >= 0.6 is 37.2 Å². The zero-order chi connectivity index (χ0) is 12.7. The van der Waals surface area contributed by atoms with Crippen LogP contribution in [-0.2, 0) is 13.0 Å². The number of nitrogens with one attached hydrogen (secondary N) is 1. The smallest absolute Gasteiger partial charge is 0.137 e. The molecule has 0 spiro atoms. The van der Waals surface area contributed by atoms with E-state index in [0.717, 1.165) is 24.7 Å². The zero-order valence-electron chi connectivity index (χ0n) is 12.4. The van der Waals surface area contributed by atoms with Crippen molar-refractivity contribution in [2.75, 3.05) is 19.6 Å². The molecule has 124 valence electrons. The van der Waals surface area contributed by atoms with Crippen LogP contribution in [0.2, 0.25) is 0 Å². The van der Waals surface area contributed by atoms with Crippen molar-refractivity contribution in [3.63, 3.8) is 0 Å². The summed E-state index contributed by atoms with van der Waals surface area (Å²) in [5.41, 5.74) is 3.80. The van der Waals surface area contributed by atoms with Gasteiger partial charge in [-0.15, -0.1) is 37.2 Å². The molecular formula is C15H23Cl3N4. The topological polar surface area (TPSA) is 32.6 Å². The van der Waals surface area contributed by atoms with E-state index in [2.05, 4.69) is 39.0 Å². The van der Waals surface area contributed by atoms with Gasteiger partial charge in [0, 0.05) is 31.7 Å². The van der Waals surface area contributed by atoms with Crippen molar-refractivity contribution in [3.05, 3.63) is 35.8 Å². The number of hydrogen-bond acceptors (Lipinski definition) is 3. The third-order valence-corrected chi connectivity index (χ3v) is 4.53. The van der Waals surface area contributed by atoms with E-state index in [9.17, 15) is 0 Å². The minimum absolute atomic E-state index is 0. The summed E-state index contributed by atoms with van der Waals surface area (Å²) < 4.78 is 2.27. The van der Waals surface area contributed by atoms with E-state index in [0.29, 0.717) is 0 Å². The van der Waals surface area contributed by atoms with Gasteiger partial charge in [0.15, 0.2) is 0 Å². The Morgan fingerprint density at radius 1 is 1.09 bits per heavy atom. The summed E-state index contributed by atoms with van der Waals surface area (Å²) in [6, 6.07) is 7.02. The SMILES string of the molecule is Cl.Cl.Cl.c1ccn2c3c(nc2c1)CCN(C1CCNCC1)C3. The van der Waals surface area contributed by atoms with Gasteiger partial charge < -0.3 is 9.72 Å². The van der Waals surface area contributed by atoms with Gasteiger partial charge in [-0.25, -0.2) is 4.98 Å². The largest absolute Gasteiger partial charge is 0.317 e. The lowest BCUT2D eigenvalue weighted by Crippen LogP contribution is -2.45. The average Bonchev–Trinajstić information content (AvgIpc) is 2.86. The molecule has 4 heterocycles. The Labute approximate surface area is 149 Å². The minimum Gasteiger partial charge on any atom is -0.317 e. The first kappa shape index (κ1) is 19.5. The maximum absolute atomic E-state index is 4.76. The molecule has 1 fully saturated rings. The van der Waals surface area contributed by atoms with Gasteiger partial charge in [-0.2, -0.15) is 0 Å². The highest BCUT2D eigenvalue weighted by Gasteiger charge is 2.27. The van der Waals surface area contributed by atoms with Crippen molar-refractivity contribution < 1.29 is 0 Å². The van der Waals surface area contributed by atoms with Crippen molar-refractivity contribution in [2.24, 2.45) is 0 Å². The molecule has 0 radical (unpaired) electrons. The van der Waals surface area contributed by atoms with Crippen LogP contribution in [0, 0.1) is 0 Å².